The number of rotatable bonds is 5. The molecule has 0 saturated carbocycles. The van der Waals surface area contributed by atoms with Crippen molar-refractivity contribution in [3.05, 3.63) is 187 Å². The van der Waals surface area contributed by atoms with E-state index in [9.17, 15) is 23.7 Å². The van der Waals surface area contributed by atoms with Gasteiger partial charge in [-0.1, -0.05) is 72.8 Å². The second-order valence-electron chi connectivity index (χ2n) is 14.1. The summed E-state index contributed by atoms with van der Waals surface area (Å²) in [6, 6.07) is 54.9. The average molecular weight is 756 g/mol. The summed E-state index contributed by atoms with van der Waals surface area (Å²) in [4.78, 5) is 4.87. The molecule has 58 heavy (non-hydrogen) atoms. The first-order chi connectivity index (χ1) is 28.3. The second kappa shape index (κ2) is 13.4. The van der Waals surface area contributed by atoms with Gasteiger partial charge in [-0.25, -0.2) is 0 Å². The molecule has 0 atom stereocenters. The highest BCUT2D eigenvalue weighted by atomic mass is 19.4. The molecule has 10 rings (SSSR count). The molecular formula is C50H28F3N5. The lowest BCUT2D eigenvalue weighted by Gasteiger charge is -2.19. The molecule has 8 heteroatoms. The van der Waals surface area contributed by atoms with Crippen LogP contribution in [-0.2, 0) is 6.18 Å². The molecule has 10 aromatic rings. The lowest BCUT2D eigenvalue weighted by molar-refractivity contribution is -0.137. The molecule has 3 aromatic heterocycles. The quantitative estimate of drug-likeness (QED) is 0.176. The summed E-state index contributed by atoms with van der Waals surface area (Å²) in [6.45, 7) is 0. The topological polar surface area (TPSA) is 70.3 Å². The number of pyridine rings is 1. The van der Waals surface area contributed by atoms with Crippen molar-refractivity contribution in [1.29, 1.82) is 10.5 Å². The van der Waals surface area contributed by atoms with E-state index < -0.39 is 11.7 Å². The lowest BCUT2D eigenvalue weighted by Crippen LogP contribution is -2.08. The summed E-state index contributed by atoms with van der Waals surface area (Å²) < 4.78 is 48.1. The van der Waals surface area contributed by atoms with Crippen molar-refractivity contribution in [1.82, 2.24) is 14.1 Å². The average Bonchev–Trinajstić information content (AvgIpc) is 3.78. The molecule has 3 heterocycles. The van der Waals surface area contributed by atoms with Gasteiger partial charge in [0.05, 0.1) is 68.0 Å². The fraction of sp³-hybridized carbons (Fsp3) is 0.0200. The van der Waals surface area contributed by atoms with Crippen molar-refractivity contribution >= 4 is 43.6 Å². The molecule has 0 aliphatic heterocycles. The van der Waals surface area contributed by atoms with Crippen molar-refractivity contribution in [2.75, 3.05) is 0 Å². The van der Waals surface area contributed by atoms with Crippen molar-refractivity contribution in [2.24, 2.45) is 0 Å². The Balaban J connectivity index is 1.22. The Bertz CT molecular complexity index is 3340. The molecule has 0 unspecified atom stereocenters. The van der Waals surface area contributed by atoms with Gasteiger partial charge >= 0.3 is 6.18 Å². The van der Waals surface area contributed by atoms with Crippen molar-refractivity contribution in [3.63, 3.8) is 0 Å². The molecule has 0 bridgehead atoms. The van der Waals surface area contributed by atoms with Crippen LogP contribution in [0, 0.1) is 22.7 Å². The third kappa shape index (κ3) is 5.58. The van der Waals surface area contributed by atoms with Crippen LogP contribution in [0.4, 0.5) is 13.2 Å². The predicted octanol–water partition coefficient (Wildman–Crippen LogP) is 13.0. The van der Waals surface area contributed by atoms with Crippen LogP contribution in [0.2, 0.25) is 0 Å². The maximum Gasteiger partial charge on any atom is 0.416 e. The van der Waals surface area contributed by atoms with Gasteiger partial charge in [-0.2, -0.15) is 23.7 Å². The van der Waals surface area contributed by atoms with Crippen LogP contribution in [0.3, 0.4) is 0 Å². The number of hydrogen-bond donors (Lipinski definition) is 0. The number of benzene rings is 7. The normalized spacial score (nSPS) is 11.7. The van der Waals surface area contributed by atoms with E-state index >= 15 is 0 Å². The third-order valence-corrected chi connectivity index (χ3v) is 10.9. The Kier molecular flexibility index (Phi) is 7.96. The molecule has 0 aliphatic carbocycles. The first-order valence-electron chi connectivity index (χ1n) is 18.6. The monoisotopic (exact) mass is 755 g/mol. The van der Waals surface area contributed by atoms with Gasteiger partial charge in [-0.3, -0.25) is 4.98 Å². The van der Waals surface area contributed by atoms with Crippen LogP contribution < -0.4 is 0 Å². The summed E-state index contributed by atoms with van der Waals surface area (Å²) in [5.74, 6) is 0. The van der Waals surface area contributed by atoms with Gasteiger partial charge in [0.15, 0.2) is 0 Å². The van der Waals surface area contributed by atoms with Gasteiger partial charge in [-0.05, 0) is 113 Å². The van der Waals surface area contributed by atoms with Crippen molar-refractivity contribution < 1.29 is 13.2 Å². The summed E-state index contributed by atoms with van der Waals surface area (Å²) in [5.41, 5.74) is 9.50. The summed E-state index contributed by atoms with van der Waals surface area (Å²) in [5, 5.41) is 22.5. The Morgan fingerprint density at radius 1 is 0.448 bits per heavy atom. The number of hydrogen-bond acceptors (Lipinski definition) is 3. The number of fused-ring (bicyclic) bond motifs is 6. The minimum atomic E-state index is -4.60. The van der Waals surface area contributed by atoms with Gasteiger partial charge in [0.2, 0.25) is 0 Å². The molecule has 0 saturated heterocycles. The van der Waals surface area contributed by atoms with E-state index in [0.717, 1.165) is 71.9 Å². The first kappa shape index (κ1) is 34.5. The van der Waals surface area contributed by atoms with Crippen LogP contribution in [0.15, 0.2) is 170 Å². The minimum absolute atomic E-state index is 0.324. The number of alkyl halides is 3. The summed E-state index contributed by atoms with van der Waals surface area (Å²) in [7, 11) is 0. The van der Waals surface area contributed by atoms with Crippen LogP contribution in [0.1, 0.15) is 16.7 Å². The van der Waals surface area contributed by atoms with Gasteiger partial charge in [0.25, 0.3) is 0 Å². The largest absolute Gasteiger partial charge is 0.416 e. The van der Waals surface area contributed by atoms with Gasteiger partial charge in [0, 0.05) is 33.3 Å². The molecule has 0 radical (unpaired) electrons. The highest BCUT2D eigenvalue weighted by Crippen LogP contribution is 2.43. The van der Waals surface area contributed by atoms with Crippen LogP contribution in [0.25, 0.3) is 88.5 Å². The summed E-state index contributed by atoms with van der Waals surface area (Å²) in [6.07, 6.45) is -2.98. The van der Waals surface area contributed by atoms with Gasteiger partial charge in [-0.15, -0.1) is 0 Å². The van der Waals surface area contributed by atoms with E-state index in [2.05, 4.69) is 28.8 Å². The van der Waals surface area contributed by atoms with E-state index in [0.29, 0.717) is 33.8 Å². The van der Waals surface area contributed by atoms with E-state index in [1.165, 1.54) is 6.07 Å². The Labute approximate surface area is 330 Å². The molecular weight excluding hydrogens is 728 g/mol. The molecule has 0 fully saturated rings. The number of nitrogens with zero attached hydrogens (tertiary/aromatic N) is 5. The van der Waals surface area contributed by atoms with Crippen molar-refractivity contribution in [2.45, 2.75) is 6.18 Å². The van der Waals surface area contributed by atoms with E-state index in [-0.39, 0.29) is 0 Å². The number of aromatic nitrogens is 3. The van der Waals surface area contributed by atoms with Crippen LogP contribution in [-0.4, -0.2) is 14.1 Å². The maximum absolute atomic E-state index is 14.7. The molecule has 0 N–H and O–H groups in total. The Morgan fingerprint density at radius 2 is 0.931 bits per heavy atom. The minimum Gasteiger partial charge on any atom is -0.309 e. The zero-order valence-corrected chi connectivity index (χ0v) is 30.5. The second-order valence-corrected chi connectivity index (χ2v) is 14.1. The summed E-state index contributed by atoms with van der Waals surface area (Å²) >= 11 is 0. The first-order valence-corrected chi connectivity index (χ1v) is 18.6. The van der Waals surface area contributed by atoms with E-state index in [4.69, 9.17) is 4.98 Å². The molecule has 0 aliphatic rings. The van der Waals surface area contributed by atoms with E-state index in [1.807, 2.05) is 114 Å². The fourth-order valence-electron chi connectivity index (χ4n) is 8.18. The predicted molar refractivity (Wildman–Crippen MR) is 224 cm³/mol. The van der Waals surface area contributed by atoms with Crippen LogP contribution in [0.5, 0.6) is 0 Å². The standard InChI is InChI=1S/C50H28F3N5/c51-50(52,53)37-21-24-47(57-43-8-3-1-6-38(43)40-26-35(19-22-45(40)57)33-15-11-31(29-54)12-16-33)42(28-37)49-48(10-5-25-56-49)58-44-9-4-2-7-39(44)41-27-36(20-23-46(41)58)34-17-13-32(30-55)14-18-34/h1-28H. The smallest absolute Gasteiger partial charge is 0.309 e. The molecule has 0 spiro atoms. The Morgan fingerprint density at radius 3 is 1.45 bits per heavy atom. The van der Waals surface area contributed by atoms with Crippen LogP contribution >= 0.6 is 0 Å². The molecule has 274 valence electrons. The SMILES string of the molecule is N#Cc1ccc(-c2ccc3c(c2)c2ccccc2n3-c2ccc(C(F)(F)F)cc2-c2ncccc2-n2c3ccccc3c3cc(-c4ccc(C#N)cc4)ccc32)cc1. The molecule has 5 nitrogen and oxygen atoms in total. The zero-order chi connectivity index (χ0) is 39.5. The third-order valence-electron chi connectivity index (χ3n) is 10.9. The lowest BCUT2D eigenvalue weighted by atomic mass is 10.0. The molecule has 7 aromatic carbocycles. The zero-order valence-electron chi connectivity index (χ0n) is 30.5. The fourth-order valence-corrected chi connectivity index (χ4v) is 8.18. The molecule has 0 amide bonds. The van der Waals surface area contributed by atoms with E-state index in [1.54, 1.807) is 36.5 Å². The van der Waals surface area contributed by atoms with Gasteiger partial charge in [0.1, 0.15) is 0 Å². The number of para-hydroxylation sites is 2. The highest BCUT2D eigenvalue weighted by molar-refractivity contribution is 6.12. The van der Waals surface area contributed by atoms with Crippen molar-refractivity contribution in [3.8, 4) is 57.0 Å². The Hall–Kier alpha value is -7.94. The highest BCUT2D eigenvalue weighted by Gasteiger charge is 2.32. The maximum atomic E-state index is 14.7. The number of nitriles is 2. The number of halogens is 3. The van der Waals surface area contributed by atoms with Gasteiger partial charge < -0.3 is 9.13 Å².